The van der Waals surface area contributed by atoms with Crippen molar-refractivity contribution in [2.75, 3.05) is 0 Å². The summed E-state index contributed by atoms with van der Waals surface area (Å²) >= 11 is 0. The first-order chi connectivity index (χ1) is 40.0. The molecule has 84 heavy (non-hydrogen) atoms. The van der Waals surface area contributed by atoms with Crippen LogP contribution in [0.25, 0.3) is 36.5 Å². The first-order valence-corrected chi connectivity index (χ1v) is 27.0. The van der Waals surface area contributed by atoms with E-state index in [1.165, 1.54) is 47.3 Å². The number of benzene rings is 5. The third-order valence-corrected chi connectivity index (χ3v) is 12.2. The normalized spacial score (nSPS) is 10.7. The number of hydrogen-bond donors (Lipinski definition) is 2. The number of aromatic hydroxyl groups is 1. The first-order valence-electron chi connectivity index (χ1n) is 27.0. The SMILES string of the molecule is CC(=O)OCc1coc(/C=C/c2ccc(C)cc2)n1.Cc1ccc(/C=C/c2nc(CO)co2)cc1.Cc1ccc(/C=C/c2nc(COc3ccc(CCCCn4ccnn4)cc3)co2)cc1.Oc1ccc(CCCCn2ccnn2)cc1.[Na+].[OH-]. The minimum Gasteiger partial charge on any atom is -0.870 e. The molecule has 5 heterocycles. The van der Waals surface area contributed by atoms with Crippen molar-refractivity contribution >= 4 is 42.4 Å². The Kier molecular flexibility index (Phi) is 28.8. The number of rotatable bonds is 22. The molecule has 0 unspecified atom stereocenters. The number of nitrogens with zero attached hydrogens (tertiary/aromatic N) is 9. The van der Waals surface area contributed by atoms with Crippen molar-refractivity contribution in [1.29, 1.82) is 0 Å². The molecule has 10 rings (SSSR count). The Labute approximate surface area is 511 Å². The molecule has 0 radical (unpaired) electrons. The van der Waals surface area contributed by atoms with Crippen molar-refractivity contribution in [3.63, 3.8) is 0 Å². The molecule has 0 bridgehead atoms. The number of carbonyl (C=O) groups is 1. The van der Waals surface area contributed by atoms with Crippen molar-refractivity contribution in [3.05, 3.63) is 244 Å². The maximum absolute atomic E-state index is 10.7. The minimum absolute atomic E-state index is 0. The number of oxazole rings is 3. The van der Waals surface area contributed by atoms with Crippen molar-refractivity contribution < 1.29 is 72.8 Å². The van der Waals surface area contributed by atoms with Gasteiger partial charge in [-0.2, -0.15) is 0 Å². The van der Waals surface area contributed by atoms with Crippen LogP contribution in [-0.2, 0) is 55.3 Å². The third-order valence-electron chi connectivity index (χ3n) is 12.2. The molecule has 18 nitrogen and oxygen atoms in total. The zero-order valence-corrected chi connectivity index (χ0v) is 50.1. The summed E-state index contributed by atoms with van der Waals surface area (Å²) in [6.07, 6.45) is 29.5. The van der Waals surface area contributed by atoms with Crippen LogP contribution >= 0.6 is 0 Å². The van der Waals surface area contributed by atoms with Crippen molar-refractivity contribution in [1.82, 2.24) is 44.9 Å². The number of unbranched alkanes of at least 4 members (excludes halogenated alkanes) is 2. The maximum Gasteiger partial charge on any atom is 1.00 e. The van der Waals surface area contributed by atoms with E-state index in [9.17, 15) is 4.79 Å². The molecule has 19 heteroatoms. The maximum atomic E-state index is 10.7. The second kappa shape index (κ2) is 36.6. The Balaban J connectivity index is 0.000000213. The number of hydrogen-bond acceptors (Lipinski definition) is 16. The number of ether oxygens (including phenoxy) is 2. The molecule has 430 valence electrons. The molecule has 0 amide bonds. The van der Waals surface area contributed by atoms with E-state index in [1.807, 2.05) is 126 Å². The summed E-state index contributed by atoms with van der Waals surface area (Å²) < 4.78 is 30.3. The van der Waals surface area contributed by atoms with Crippen LogP contribution < -0.4 is 34.3 Å². The standard InChI is InChI=1S/C25H26N4O2.C15H15NO3.C13H13NO2.C12H15N3O.Na.H2O/c1-20-5-7-22(8-6-20)11-14-25-27-23(19-31-25)18-30-24-12-9-21(10-13-24)4-2-3-16-29-17-15-26-28-29;1-11-3-5-13(6-4-11)7-8-15-16-14(10-19-15)9-18-12(2)17;1-10-2-4-11(5-3-10)6-7-13-14-12(8-15)9-16-13;16-12-6-4-11(5-7-12)3-1-2-9-15-10-8-13-14-15;;/h5-15,17,19H,2-4,16,18H2,1H3;3-8,10H,9H2,1-2H3;2-7,9,15H,8H2,1H3;4-8,10,16H,1-3,9H2;;1H2/q;;;;+1;/p-1/b14-11+;8-7+;7-6+;;;. The number of esters is 1. The molecule has 0 saturated heterocycles. The van der Waals surface area contributed by atoms with Crippen LogP contribution in [-0.4, -0.2) is 66.6 Å². The molecule has 0 aliphatic heterocycles. The molecular formula is C65H70N9NaO9. The van der Waals surface area contributed by atoms with Gasteiger partial charge in [0.1, 0.15) is 60.6 Å². The summed E-state index contributed by atoms with van der Waals surface area (Å²) in [7, 11) is 0. The van der Waals surface area contributed by atoms with Gasteiger partial charge in [0.15, 0.2) is 0 Å². The molecule has 0 saturated carbocycles. The van der Waals surface area contributed by atoms with Gasteiger partial charge in [-0.3, -0.25) is 14.2 Å². The van der Waals surface area contributed by atoms with Crippen molar-refractivity contribution in [2.24, 2.45) is 0 Å². The second-order valence-electron chi connectivity index (χ2n) is 19.0. The van der Waals surface area contributed by atoms with E-state index >= 15 is 0 Å². The number of aliphatic hydroxyl groups excluding tert-OH is 1. The van der Waals surface area contributed by atoms with Crippen LogP contribution in [0.15, 0.2) is 178 Å². The van der Waals surface area contributed by atoms with Crippen LogP contribution in [0.4, 0.5) is 0 Å². The van der Waals surface area contributed by atoms with Gasteiger partial charge in [-0.05, 0) is 130 Å². The van der Waals surface area contributed by atoms with E-state index in [4.69, 9.17) is 32.9 Å². The molecule has 0 aliphatic carbocycles. The molecule has 0 spiro atoms. The number of aromatic nitrogens is 9. The first kappa shape index (κ1) is 66.0. The van der Waals surface area contributed by atoms with Gasteiger partial charge in [0.25, 0.3) is 0 Å². The second-order valence-corrected chi connectivity index (χ2v) is 19.0. The molecule has 5 aromatic heterocycles. The summed E-state index contributed by atoms with van der Waals surface area (Å²) in [5.41, 5.74) is 11.4. The summed E-state index contributed by atoms with van der Waals surface area (Å²) in [5, 5.41) is 33.4. The quantitative estimate of drug-likeness (QED) is 0.0364. The smallest absolute Gasteiger partial charge is 0.870 e. The summed E-state index contributed by atoms with van der Waals surface area (Å²) in [6, 6.07) is 40.2. The fourth-order valence-electron chi connectivity index (χ4n) is 7.60. The Morgan fingerprint density at radius 3 is 1.30 bits per heavy atom. The van der Waals surface area contributed by atoms with Gasteiger partial charge >= 0.3 is 35.5 Å². The number of phenols is 1. The Morgan fingerprint density at radius 1 is 0.524 bits per heavy atom. The predicted octanol–water partition coefficient (Wildman–Crippen LogP) is 10.0. The summed E-state index contributed by atoms with van der Waals surface area (Å²) in [6.45, 7) is 9.76. The van der Waals surface area contributed by atoms with Crippen LogP contribution in [0, 0.1) is 20.8 Å². The monoisotopic (exact) mass is 1140 g/mol. The summed E-state index contributed by atoms with van der Waals surface area (Å²) in [4.78, 5) is 23.4. The van der Waals surface area contributed by atoms with Gasteiger partial charge in [-0.15, -0.1) is 10.2 Å². The van der Waals surface area contributed by atoms with E-state index in [2.05, 4.69) is 85.8 Å². The van der Waals surface area contributed by atoms with Crippen LogP contribution in [0.1, 0.15) is 112 Å². The van der Waals surface area contributed by atoms with E-state index in [1.54, 1.807) is 42.9 Å². The van der Waals surface area contributed by atoms with Gasteiger partial charge in [0.2, 0.25) is 17.7 Å². The largest absolute Gasteiger partial charge is 1.00 e. The molecule has 3 N–H and O–H groups in total. The van der Waals surface area contributed by atoms with E-state index in [-0.39, 0.29) is 54.2 Å². The van der Waals surface area contributed by atoms with Crippen LogP contribution in [0.2, 0.25) is 0 Å². The number of phenolic OH excluding ortho intramolecular Hbond substituents is 1. The number of aliphatic hydroxyl groups is 1. The average Bonchev–Trinajstić information content (AvgIpc) is 4.40. The minimum atomic E-state index is -0.334. The van der Waals surface area contributed by atoms with Gasteiger partial charge < -0.3 is 38.4 Å². The van der Waals surface area contributed by atoms with Crippen molar-refractivity contribution in [2.45, 2.75) is 99.1 Å². The molecule has 0 fully saturated rings. The predicted molar refractivity (Wildman–Crippen MR) is 318 cm³/mol. The molecule has 0 aliphatic rings. The van der Waals surface area contributed by atoms with E-state index < -0.39 is 0 Å². The Bertz CT molecular complexity index is 3470. The molecule has 5 aromatic carbocycles. The number of aryl methyl sites for hydroxylation is 7. The van der Waals surface area contributed by atoms with E-state index in [0.29, 0.717) is 41.4 Å². The Morgan fingerprint density at radius 2 is 0.917 bits per heavy atom. The van der Waals surface area contributed by atoms with Crippen molar-refractivity contribution in [3.8, 4) is 11.5 Å². The third kappa shape index (κ3) is 25.2. The van der Waals surface area contributed by atoms with Gasteiger partial charge in [-0.25, -0.2) is 15.0 Å². The van der Waals surface area contributed by atoms with Crippen LogP contribution in [0.3, 0.4) is 0 Å². The molecule has 10 aromatic rings. The van der Waals surface area contributed by atoms with Gasteiger partial charge in [-0.1, -0.05) is 124 Å². The fraction of sp³-hybridized carbons (Fsp3) is 0.231. The summed E-state index contributed by atoms with van der Waals surface area (Å²) in [5.74, 6) is 2.38. The number of carbonyl (C=O) groups excluding carboxylic acids is 1. The van der Waals surface area contributed by atoms with Gasteiger partial charge in [0, 0.05) is 50.6 Å². The molecule has 0 atom stereocenters. The molecular weight excluding hydrogens is 1070 g/mol. The average molecular weight is 1140 g/mol. The van der Waals surface area contributed by atoms with Crippen LogP contribution in [0.5, 0.6) is 11.5 Å². The zero-order chi connectivity index (χ0) is 57.6. The Hall–Kier alpha value is -8.78. The zero-order valence-electron chi connectivity index (χ0n) is 48.1. The fourth-order valence-corrected chi connectivity index (χ4v) is 7.60. The van der Waals surface area contributed by atoms with Gasteiger partial charge in [0.05, 0.1) is 19.0 Å². The van der Waals surface area contributed by atoms with E-state index in [0.717, 1.165) is 79.7 Å². The topological polar surface area (TPSA) is 246 Å².